The Kier molecular flexibility index (Phi) is 5.14. The van der Waals surface area contributed by atoms with Crippen LogP contribution in [0.25, 0.3) is 0 Å². The Balaban J connectivity index is 0.000000561. The van der Waals surface area contributed by atoms with E-state index in [1.54, 1.807) is 19.9 Å². The first kappa shape index (κ1) is 11.6. The van der Waals surface area contributed by atoms with Crippen LogP contribution in [0, 0.1) is 19.7 Å². The molecule has 0 aliphatic rings. The van der Waals surface area contributed by atoms with Crippen LogP contribution >= 0.6 is 15.9 Å². The summed E-state index contributed by atoms with van der Waals surface area (Å²) in [6, 6.07) is 3.61. The zero-order chi connectivity index (χ0) is 9.72. The molecule has 12 heavy (non-hydrogen) atoms. The number of aryl methyl sites for hydroxylation is 1. The fraction of sp³-hybridized carbons (Fsp3) is 0.400. The van der Waals surface area contributed by atoms with Crippen molar-refractivity contribution < 1.29 is 4.39 Å². The smallest absolute Gasteiger partial charge is 0.130 e. The Labute approximate surface area is 81.9 Å². The van der Waals surface area contributed by atoms with Gasteiger partial charge in [0.05, 0.1) is 0 Å². The summed E-state index contributed by atoms with van der Waals surface area (Å²) < 4.78 is 13.8. The van der Waals surface area contributed by atoms with Crippen molar-refractivity contribution in [2.45, 2.75) is 27.7 Å². The zero-order valence-corrected chi connectivity index (χ0v) is 9.50. The molecule has 1 aromatic carbocycles. The largest absolute Gasteiger partial charge is 0.206 e. The number of hydrogen-bond donors (Lipinski definition) is 0. The Bertz CT molecular complexity index is 229. The van der Waals surface area contributed by atoms with E-state index in [1.807, 2.05) is 19.9 Å². The van der Waals surface area contributed by atoms with E-state index in [1.165, 1.54) is 0 Å². The second kappa shape index (κ2) is 5.31. The molecule has 0 atom stereocenters. The van der Waals surface area contributed by atoms with Gasteiger partial charge in [0.15, 0.2) is 0 Å². The molecule has 1 rings (SSSR count). The molecule has 0 fully saturated rings. The van der Waals surface area contributed by atoms with Crippen LogP contribution in [0.4, 0.5) is 4.39 Å². The Hall–Kier alpha value is -0.370. The van der Waals surface area contributed by atoms with E-state index in [0.717, 1.165) is 4.47 Å². The van der Waals surface area contributed by atoms with Gasteiger partial charge < -0.3 is 0 Å². The van der Waals surface area contributed by atoms with E-state index in [9.17, 15) is 4.39 Å². The van der Waals surface area contributed by atoms with Crippen molar-refractivity contribution in [1.29, 1.82) is 0 Å². The van der Waals surface area contributed by atoms with Gasteiger partial charge >= 0.3 is 0 Å². The standard InChI is InChI=1S/C8H8BrF.C2H6/c1-5-3-4-7(9)6(2)8(5)10;1-2/h3-4H,1-2H3;1-2H3. The Morgan fingerprint density at radius 1 is 1.17 bits per heavy atom. The molecular weight excluding hydrogens is 219 g/mol. The molecule has 1 aromatic rings. The van der Waals surface area contributed by atoms with Gasteiger partial charge in [0.25, 0.3) is 0 Å². The van der Waals surface area contributed by atoms with Gasteiger partial charge in [-0.05, 0) is 31.0 Å². The number of hydrogen-bond acceptors (Lipinski definition) is 0. The minimum Gasteiger partial charge on any atom is -0.206 e. The third-order valence-electron chi connectivity index (χ3n) is 1.51. The van der Waals surface area contributed by atoms with Crippen LogP contribution in [0.15, 0.2) is 16.6 Å². The molecule has 0 aliphatic heterocycles. The average molecular weight is 233 g/mol. The molecule has 0 heterocycles. The second-order valence-corrected chi connectivity index (χ2v) is 3.16. The first-order chi connectivity index (χ1) is 5.63. The molecule has 0 unspecified atom stereocenters. The molecule has 0 aliphatic carbocycles. The van der Waals surface area contributed by atoms with Crippen LogP contribution in [0.3, 0.4) is 0 Å². The maximum Gasteiger partial charge on any atom is 0.130 e. The van der Waals surface area contributed by atoms with Gasteiger partial charge in [0, 0.05) is 4.47 Å². The molecule has 2 heteroatoms. The maximum atomic E-state index is 13.0. The predicted octanol–water partition coefficient (Wildman–Crippen LogP) is 4.23. The lowest BCUT2D eigenvalue weighted by atomic mass is 10.1. The summed E-state index contributed by atoms with van der Waals surface area (Å²) in [7, 11) is 0. The highest BCUT2D eigenvalue weighted by Crippen LogP contribution is 2.20. The van der Waals surface area contributed by atoms with E-state index in [0.29, 0.717) is 11.1 Å². The molecule has 0 bridgehead atoms. The van der Waals surface area contributed by atoms with Crippen LogP contribution < -0.4 is 0 Å². The highest BCUT2D eigenvalue weighted by Gasteiger charge is 2.02. The van der Waals surface area contributed by atoms with Crippen LogP contribution in [-0.2, 0) is 0 Å². The number of rotatable bonds is 0. The highest BCUT2D eigenvalue weighted by molar-refractivity contribution is 9.10. The van der Waals surface area contributed by atoms with Crippen molar-refractivity contribution in [2.24, 2.45) is 0 Å². The molecule has 0 radical (unpaired) electrons. The van der Waals surface area contributed by atoms with E-state index in [-0.39, 0.29) is 5.82 Å². The fourth-order valence-electron chi connectivity index (χ4n) is 0.797. The lowest BCUT2D eigenvalue weighted by Gasteiger charge is -2.01. The monoisotopic (exact) mass is 232 g/mol. The molecule has 0 spiro atoms. The van der Waals surface area contributed by atoms with Gasteiger partial charge in [-0.1, -0.05) is 35.8 Å². The summed E-state index contributed by atoms with van der Waals surface area (Å²) in [6.07, 6.45) is 0. The van der Waals surface area contributed by atoms with E-state index in [2.05, 4.69) is 15.9 Å². The highest BCUT2D eigenvalue weighted by atomic mass is 79.9. The van der Waals surface area contributed by atoms with Crippen molar-refractivity contribution in [3.05, 3.63) is 33.5 Å². The first-order valence-corrected chi connectivity index (χ1v) is 4.83. The van der Waals surface area contributed by atoms with Crippen molar-refractivity contribution in [3.63, 3.8) is 0 Å². The van der Waals surface area contributed by atoms with Gasteiger partial charge in [-0.2, -0.15) is 0 Å². The Morgan fingerprint density at radius 3 is 2.08 bits per heavy atom. The third-order valence-corrected chi connectivity index (χ3v) is 2.37. The van der Waals surface area contributed by atoms with Crippen LogP contribution in [-0.4, -0.2) is 0 Å². The average Bonchev–Trinajstić information content (AvgIpc) is 2.12. The molecule has 0 N–H and O–H groups in total. The summed E-state index contributed by atoms with van der Waals surface area (Å²) >= 11 is 3.24. The van der Waals surface area contributed by atoms with E-state index >= 15 is 0 Å². The summed E-state index contributed by atoms with van der Waals surface area (Å²) in [5.74, 6) is -0.116. The fourth-order valence-corrected chi connectivity index (χ4v) is 1.10. The summed E-state index contributed by atoms with van der Waals surface area (Å²) in [5, 5.41) is 0. The molecule has 68 valence electrons. The number of benzene rings is 1. The van der Waals surface area contributed by atoms with Gasteiger partial charge in [0.1, 0.15) is 5.82 Å². The van der Waals surface area contributed by atoms with Gasteiger partial charge in [-0.15, -0.1) is 0 Å². The molecule has 0 saturated carbocycles. The third kappa shape index (κ3) is 2.59. The van der Waals surface area contributed by atoms with Crippen LogP contribution in [0.5, 0.6) is 0 Å². The van der Waals surface area contributed by atoms with Crippen molar-refractivity contribution >= 4 is 15.9 Å². The van der Waals surface area contributed by atoms with Gasteiger partial charge in [-0.25, -0.2) is 4.39 Å². The normalized spacial score (nSPS) is 8.83. The molecule has 0 aromatic heterocycles. The van der Waals surface area contributed by atoms with Gasteiger partial charge in [0.2, 0.25) is 0 Å². The van der Waals surface area contributed by atoms with Gasteiger partial charge in [-0.3, -0.25) is 0 Å². The molecular formula is C10H14BrF. The summed E-state index contributed by atoms with van der Waals surface area (Å²) in [6.45, 7) is 7.52. The quantitative estimate of drug-likeness (QED) is 0.629. The second-order valence-electron chi connectivity index (χ2n) is 2.30. The van der Waals surface area contributed by atoms with Crippen molar-refractivity contribution in [1.82, 2.24) is 0 Å². The first-order valence-electron chi connectivity index (χ1n) is 4.04. The summed E-state index contributed by atoms with van der Waals surface area (Å²) in [5.41, 5.74) is 1.38. The molecule has 0 amide bonds. The number of halogens is 2. The SMILES string of the molecule is CC.Cc1ccc(Br)c(C)c1F. The van der Waals surface area contributed by atoms with Crippen LogP contribution in [0.1, 0.15) is 25.0 Å². The predicted molar refractivity (Wildman–Crippen MR) is 54.9 cm³/mol. The molecule has 0 nitrogen and oxygen atoms in total. The minimum atomic E-state index is -0.116. The minimum absolute atomic E-state index is 0.116. The topological polar surface area (TPSA) is 0 Å². The summed E-state index contributed by atoms with van der Waals surface area (Å²) in [4.78, 5) is 0. The van der Waals surface area contributed by atoms with Crippen molar-refractivity contribution in [2.75, 3.05) is 0 Å². The molecule has 0 saturated heterocycles. The van der Waals surface area contributed by atoms with Crippen molar-refractivity contribution in [3.8, 4) is 0 Å². The lowest BCUT2D eigenvalue weighted by molar-refractivity contribution is 0.608. The maximum absolute atomic E-state index is 13.0. The Morgan fingerprint density at radius 2 is 1.67 bits per heavy atom. The zero-order valence-electron chi connectivity index (χ0n) is 7.91. The van der Waals surface area contributed by atoms with E-state index in [4.69, 9.17) is 0 Å². The van der Waals surface area contributed by atoms with E-state index < -0.39 is 0 Å². The lowest BCUT2D eigenvalue weighted by Crippen LogP contribution is -1.87. The van der Waals surface area contributed by atoms with Crippen LogP contribution in [0.2, 0.25) is 0 Å².